The summed E-state index contributed by atoms with van der Waals surface area (Å²) in [7, 11) is 0. The maximum absolute atomic E-state index is 12.0. The maximum atomic E-state index is 12.0. The van der Waals surface area contributed by atoms with Crippen molar-refractivity contribution in [3.63, 3.8) is 0 Å². The number of hydrogen-bond acceptors (Lipinski definition) is 6. The van der Waals surface area contributed by atoms with Gasteiger partial charge >= 0.3 is 0 Å². The Kier molecular flexibility index (Phi) is 2.90. The van der Waals surface area contributed by atoms with Crippen molar-refractivity contribution in [2.75, 3.05) is 11.4 Å². The number of nitrogens with zero attached hydrogens (tertiary/aromatic N) is 6. The van der Waals surface area contributed by atoms with Crippen molar-refractivity contribution in [2.24, 2.45) is 17.6 Å². The third kappa shape index (κ3) is 2.24. The Morgan fingerprint density at radius 2 is 2.13 bits per heavy atom. The first-order chi connectivity index (χ1) is 11.0. The molecule has 9 nitrogen and oxygen atoms in total. The number of hydrogen-bond donors (Lipinski definition) is 1. The first kappa shape index (κ1) is 13.8. The zero-order chi connectivity index (χ0) is 16.1. The van der Waals surface area contributed by atoms with Crippen LogP contribution in [0.25, 0.3) is 0 Å². The fourth-order valence-corrected chi connectivity index (χ4v) is 2.87. The van der Waals surface area contributed by atoms with Gasteiger partial charge in [0.1, 0.15) is 0 Å². The van der Waals surface area contributed by atoms with Gasteiger partial charge < -0.3 is 5.73 Å². The largest absolute Gasteiger partial charge is 0.364 e. The van der Waals surface area contributed by atoms with E-state index in [2.05, 4.69) is 20.3 Å². The van der Waals surface area contributed by atoms with Crippen LogP contribution in [0.4, 0.5) is 5.95 Å². The Bertz CT molecular complexity index is 785. The molecular formula is C14H15N7O2. The van der Waals surface area contributed by atoms with Gasteiger partial charge in [-0.1, -0.05) is 5.21 Å². The number of carbonyl (C=O) groups is 2. The first-order valence-corrected chi connectivity index (χ1v) is 7.39. The van der Waals surface area contributed by atoms with Crippen molar-refractivity contribution < 1.29 is 9.59 Å². The van der Waals surface area contributed by atoms with Crippen molar-refractivity contribution >= 4 is 17.8 Å². The molecular weight excluding hydrogens is 298 g/mol. The maximum Gasteiger partial charge on any atom is 0.270 e. The van der Waals surface area contributed by atoms with E-state index in [0.717, 1.165) is 12.0 Å². The molecule has 2 fully saturated rings. The monoisotopic (exact) mass is 313 g/mol. The number of anilines is 1. The Morgan fingerprint density at radius 3 is 2.70 bits per heavy atom. The summed E-state index contributed by atoms with van der Waals surface area (Å²) in [5, 5.41) is 7.60. The molecule has 4 rings (SSSR count). The highest BCUT2D eigenvalue weighted by Crippen LogP contribution is 2.46. The molecule has 2 aromatic heterocycles. The van der Waals surface area contributed by atoms with Gasteiger partial charge in [-0.15, -0.1) is 5.10 Å². The van der Waals surface area contributed by atoms with Crippen LogP contribution >= 0.6 is 0 Å². The number of nitrogens with two attached hydrogens (primary N) is 1. The fourth-order valence-electron chi connectivity index (χ4n) is 2.87. The fraction of sp³-hybridized carbons (Fsp3) is 0.429. The van der Waals surface area contributed by atoms with Crippen LogP contribution in [0, 0.1) is 11.8 Å². The van der Waals surface area contributed by atoms with E-state index in [0.29, 0.717) is 18.4 Å². The van der Waals surface area contributed by atoms with Gasteiger partial charge in [-0.05, 0) is 19.3 Å². The van der Waals surface area contributed by atoms with Gasteiger partial charge in [0.2, 0.25) is 11.9 Å². The number of primary amides is 1. The Balaban J connectivity index is 1.53. The SMILES string of the molecule is C[C@@H](c1cnc(N2C[C@H]3C[C@H]3C2=O)nc1)n1cc(C(N)=O)nn1. The van der Waals surface area contributed by atoms with Crippen molar-refractivity contribution in [1.82, 2.24) is 25.0 Å². The van der Waals surface area contributed by atoms with Crippen LogP contribution in [0.15, 0.2) is 18.6 Å². The molecule has 0 spiro atoms. The molecule has 2 N–H and O–H groups in total. The second-order valence-corrected chi connectivity index (χ2v) is 5.99. The molecule has 2 aromatic rings. The molecule has 2 aliphatic rings. The molecule has 1 saturated heterocycles. The lowest BCUT2D eigenvalue weighted by Crippen LogP contribution is -2.29. The number of carbonyl (C=O) groups excluding carboxylic acids is 2. The minimum absolute atomic E-state index is 0.108. The minimum atomic E-state index is -0.624. The number of rotatable bonds is 4. The van der Waals surface area contributed by atoms with Crippen molar-refractivity contribution in [3.8, 4) is 0 Å². The van der Waals surface area contributed by atoms with Crippen LogP contribution in [0.1, 0.15) is 35.4 Å². The summed E-state index contributed by atoms with van der Waals surface area (Å²) in [5.74, 6) is 0.598. The number of amides is 2. The normalized spacial score (nSPS) is 23.7. The zero-order valence-corrected chi connectivity index (χ0v) is 12.5. The second-order valence-electron chi connectivity index (χ2n) is 5.99. The van der Waals surface area contributed by atoms with Gasteiger partial charge in [-0.3, -0.25) is 14.5 Å². The molecule has 1 aliphatic carbocycles. The van der Waals surface area contributed by atoms with Crippen LogP contribution in [0.5, 0.6) is 0 Å². The quantitative estimate of drug-likeness (QED) is 0.831. The predicted molar refractivity (Wildman–Crippen MR) is 78.3 cm³/mol. The van der Waals surface area contributed by atoms with E-state index in [9.17, 15) is 9.59 Å². The lowest BCUT2D eigenvalue weighted by Gasteiger charge is -2.17. The molecule has 23 heavy (non-hydrogen) atoms. The first-order valence-electron chi connectivity index (χ1n) is 7.39. The molecule has 0 unspecified atom stereocenters. The van der Waals surface area contributed by atoms with Gasteiger partial charge in [0.05, 0.1) is 12.2 Å². The highest BCUT2D eigenvalue weighted by molar-refractivity contribution is 5.98. The Labute approximate surface area is 131 Å². The van der Waals surface area contributed by atoms with E-state index in [4.69, 9.17) is 5.73 Å². The highest BCUT2D eigenvalue weighted by atomic mass is 16.2. The molecule has 0 radical (unpaired) electrons. The molecule has 0 aromatic carbocycles. The molecule has 2 amide bonds. The standard InChI is InChI=1S/C14H15N7O2/c1-7(21-6-11(12(15)22)18-19-21)9-3-16-14(17-4-9)20-5-8-2-10(8)13(20)23/h3-4,6-8,10H,2,5H2,1H3,(H2,15,22)/t7-,8+,10+/m0/s1. The van der Waals surface area contributed by atoms with Crippen LogP contribution in [-0.4, -0.2) is 43.3 Å². The van der Waals surface area contributed by atoms with Gasteiger partial charge in [-0.2, -0.15) is 0 Å². The minimum Gasteiger partial charge on any atom is -0.364 e. The average Bonchev–Trinajstić information content (AvgIpc) is 3.01. The topological polar surface area (TPSA) is 120 Å². The summed E-state index contributed by atoms with van der Waals surface area (Å²) in [4.78, 5) is 33.3. The number of aromatic nitrogens is 5. The average molecular weight is 313 g/mol. The van der Waals surface area contributed by atoms with E-state index in [-0.39, 0.29) is 23.6 Å². The van der Waals surface area contributed by atoms with E-state index < -0.39 is 5.91 Å². The van der Waals surface area contributed by atoms with Gasteiger partial charge in [0.15, 0.2) is 5.69 Å². The number of fused-ring (bicyclic) bond motifs is 1. The molecule has 3 atom stereocenters. The summed E-state index contributed by atoms with van der Waals surface area (Å²) in [6, 6.07) is -0.202. The smallest absolute Gasteiger partial charge is 0.270 e. The summed E-state index contributed by atoms with van der Waals surface area (Å²) in [5.41, 5.74) is 6.07. The van der Waals surface area contributed by atoms with Crippen molar-refractivity contribution in [3.05, 3.63) is 29.8 Å². The van der Waals surface area contributed by atoms with Crippen LogP contribution in [-0.2, 0) is 4.79 Å². The summed E-state index contributed by atoms with van der Waals surface area (Å²) < 4.78 is 1.52. The highest BCUT2D eigenvalue weighted by Gasteiger charge is 2.53. The third-order valence-electron chi connectivity index (χ3n) is 4.46. The molecule has 118 valence electrons. The van der Waals surface area contributed by atoms with Crippen molar-refractivity contribution in [2.45, 2.75) is 19.4 Å². The van der Waals surface area contributed by atoms with Crippen LogP contribution < -0.4 is 10.6 Å². The second kappa shape index (κ2) is 4.83. The Morgan fingerprint density at radius 1 is 1.39 bits per heavy atom. The zero-order valence-electron chi connectivity index (χ0n) is 12.5. The van der Waals surface area contributed by atoms with Gasteiger partial charge in [0.25, 0.3) is 5.91 Å². The van der Waals surface area contributed by atoms with Gasteiger partial charge in [-0.25, -0.2) is 14.6 Å². The predicted octanol–water partition coefficient (Wildman–Crippen LogP) is -0.241. The van der Waals surface area contributed by atoms with E-state index >= 15 is 0 Å². The molecule has 3 heterocycles. The number of piperidine rings is 1. The lowest BCUT2D eigenvalue weighted by molar-refractivity contribution is -0.118. The van der Waals surface area contributed by atoms with E-state index in [1.807, 2.05) is 6.92 Å². The van der Waals surface area contributed by atoms with E-state index in [1.54, 1.807) is 17.3 Å². The molecule has 9 heteroatoms. The van der Waals surface area contributed by atoms with E-state index in [1.165, 1.54) is 10.9 Å². The summed E-state index contributed by atoms with van der Waals surface area (Å²) in [6.07, 6.45) is 5.81. The molecule has 1 saturated carbocycles. The van der Waals surface area contributed by atoms with Crippen LogP contribution in [0.2, 0.25) is 0 Å². The van der Waals surface area contributed by atoms with Gasteiger partial charge in [0, 0.05) is 30.4 Å². The Hall–Kier alpha value is -2.84. The molecule has 1 aliphatic heterocycles. The lowest BCUT2D eigenvalue weighted by atomic mass is 10.2. The summed E-state index contributed by atoms with van der Waals surface area (Å²) >= 11 is 0. The van der Waals surface area contributed by atoms with Crippen LogP contribution in [0.3, 0.4) is 0 Å². The van der Waals surface area contributed by atoms with Crippen molar-refractivity contribution in [1.29, 1.82) is 0 Å². The third-order valence-corrected chi connectivity index (χ3v) is 4.46. The summed E-state index contributed by atoms with van der Waals surface area (Å²) in [6.45, 7) is 2.59. The molecule has 0 bridgehead atoms.